The highest BCUT2D eigenvalue weighted by Gasteiger charge is 2.33. The minimum Gasteiger partial charge on any atom is -0.495 e. The molecule has 6 heteroatoms. The molecule has 1 fully saturated rings. The van der Waals surface area contributed by atoms with Gasteiger partial charge in [0.25, 0.3) is 5.91 Å². The van der Waals surface area contributed by atoms with Crippen molar-refractivity contribution in [3.63, 3.8) is 0 Å². The molecule has 0 unspecified atom stereocenters. The van der Waals surface area contributed by atoms with Gasteiger partial charge in [-0.3, -0.25) is 9.69 Å². The van der Waals surface area contributed by atoms with Gasteiger partial charge >= 0.3 is 0 Å². The normalized spacial score (nSPS) is 23.3. The Bertz CT molecular complexity index is 505. The summed E-state index contributed by atoms with van der Waals surface area (Å²) in [6, 6.07) is 1.82. The molecule has 1 aliphatic heterocycles. The fourth-order valence-corrected chi connectivity index (χ4v) is 3.56. The zero-order valence-corrected chi connectivity index (χ0v) is 14.8. The smallest absolute Gasteiger partial charge is 0.265 e. The number of carbonyl (C=O) groups is 1. The Kier molecular flexibility index (Phi) is 5.47. The summed E-state index contributed by atoms with van der Waals surface area (Å²) in [5.74, 6) is 0.559. The third-order valence-electron chi connectivity index (χ3n) is 4.01. The molecular weight excluding hydrogens is 300 g/mol. The Hall–Kier alpha value is -1.11. The molecule has 1 aliphatic rings. The third kappa shape index (κ3) is 4.00. The lowest BCUT2D eigenvalue weighted by molar-refractivity contribution is -0.0948. The second-order valence-corrected chi connectivity index (χ2v) is 7.39. The molecule has 0 bridgehead atoms. The molecule has 1 aromatic heterocycles. The van der Waals surface area contributed by atoms with E-state index >= 15 is 0 Å². The van der Waals surface area contributed by atoms with Gasteiger partial charge in [0.15, 0.2) is 0 Å². The minimum absolute atomic E-state index is 0.0747. The summed E-state index contributed by atoms with van der Waals surface area (Å²) in [6.07, 6.45) is 0.437. The highest BCUT2D eigenvalue weighted by Crippen LogP contribution is 2.25. The molecule has 1 saturated heterocycles. The van der Waals surface area contributed by atoms with E-state index < -0.39 is 0 Å². The molecule has 1 amide bonds. The fourth-order valence-electron chi connectivity index (χ4n) is 2.78. The fraction of sp³-hybridized carbons (Fsp3) is 0.688. The van der Waals surface area contributed by atoms with E-state index in [1.165, 1.54) is 11.3 Å². The van der Waals surface area contributed by atoms with Crippen LogP contribution in [0.2, 0.25) is 0 Å². The number of hydrogen-bond donors (Lipinski definition) is 1. The Morgan fingerprint density at radius 1 is 1.45 bits per heavy atom. The minimum atomic E-state index is -0.119. The molecule has 0 saturated carbocycles. The molecule has 124 valence electrons. The zero-order chi connectivity index (χ0) is 16.3. The van der Waals surface area contributed by atoms with E-state index in [0.29, 0.717) is 17.2 Å². The molecule has 22 heavy (non-hydrogen) atoms. The van der Waals surface area contributed by atoms with E-state index in [0.717, 1.165) is 13.1 Å². The molecule has 2 rings (SSSR count). The summed E-state index contributed by atoms with van der Waals surface area (Å²) in [5.41, 5.74) is -0.119. The maximum atomic E-state index is 12.3. The number of thiophene rings is 1. The van der Waals surface area contributed by atoms with Crippen molar-refractivity contribution in [1.29, 1.82) is 0 Å². The van der Waals surface area contributed by atoms with Crippen molar-refractivity contribution in [2.24, 2.45) is 0 Å². The Morgan fingerprint density at radius 3 is 2.68 bits per heavy atom. The van der Waals surface area contributed by atoms with Crippen molar-refractivity contribution < 1.29 is 14.3 Å². The van der Waals surface area contributed by atoms with Gasteiger partial charge in [-0.05, 0) is 39.1 Å². The van der Waals surface area contributed by atoms with Crippen LogP contribution in [0.1, 0.15) is 37.4 Å². The average Bonchev–Trinajstić information content (AvgIpc) is 2.92. The molecule has 0 radical (unpaired) electrons. The van der Waals surface area contributed by atoms with Crippen LogP contribution in [-0.4, -0.2) is 55.3 Å². The van der Waals surface area contributed by atoms with Crippen LogP contribution in [0.25, 0.3) is 0 Å². The Morgan fingerprint density at radius 2 is 2.09 bits per heavy atom. The standard InChI is InChI=1S/C16H26N2O3S/c1-11-8-18(9-12(2)21-11)16(3,4)10-17-15(19)14-13(20-5)6-7-22-14/h6-7,11-12H,8-10H2,1-5H3,(H,17,19)/t11-,12-/m1/s1. The van der Waals surface area contributed by atoms with Crippen LogP contribution in [0.5, 0.6) is 5.75 Å². The number of carbonyl (C=O) groups excluding carboxylic acids is 1. The van der Waals surface area contributed by atoms with Crippen molar-refractivity contribution in [3.8, 4) is 5.75 Å². The lowest BCUT2D eigenvalue weighted by atomic mass is 10.00. The Balaban J connectivity index is 1.96. The number of amides is 1. The van der Waals surface area contributed by atoms with Crippen molar-refractivity contribution in [1.82, 2.24) is 10.2 Å². The van der Waals surface area contributed by atoms with Crippen molar-refractivity contribution in [2.45, 2.75) is 45.4 Å². The molecular formula is C16H26N2O3S. The third-order valence-corrected chi connectivity index (χ3v) is 4.91. The van der Waals surface area contributed by atoms with Crippen LogP contribution in [-0.2, 0) is 4.74 Å². The maximum absolute atomic E-state index is 12.3. The first kappa shape index (κ1) is 17.2. The lowest BCUT2D eigenvalue weighted by Gasteiger charge is -2.45. The predicted octanol–water partition coefficient (Wildman–Crippen LogP) is 2.37. The number of hydrogen-bond acceptors (Lipinski definition) is 5. The number of ether oxygens (including phenoxy) is 2. The van der Waals surface area contributed by atoms with Gasteiger partial charge in [-0.1, -0.05) is 0 Å². The molecule has 2 atom stereocenters. The zero-order valence-electron chi connectivity index (χ0n) is 14.0. The van der Waals surface area contributed by atoms with E-state index in [2.05, 4.69) is 37.9 Å². The molecule has 1 N–H and O–H groups in total. The van der Waals surface area contributed by atoms with Gasteiger partial charge in [0, 0.05) is 25.2 Å². The summed E-state index contributed by atoms with van der Waals surface area (Å²) >= 11 is 1.40. The quantitative estimate of drug-likeness (QED) is 0.902. The van der Waals surface area contributed by atoms with Gasteiger partial charge in [-0.2, -0.15) is 0 Å². The number of methoxy groups -OCH3 is 1. The van der Waals surface area contributed by atoms with Gasteiger partial charge in [0.2, 0.25) is 0 Å². The number of nitrogens with one attached hydrogen (secondary N) is 1. The number of nitrogens with zero attached hydrogens (tertiary/aromatic N) is 1. The number of rotatable bonds is 5. The van der Waals surface area contributed by atoms with Gasteiger partial charge in [-0.25, -0.2) is 0 Å². The summed E-state index contributed by atoms with van der Waals surface area (Å²) in [5, 5.41) is 4.90. The Labute approximate surface area is 136 Å². The van der Waals surface area contributed by atoms with Crippen molar-refractivity contribution >= 4 is 17.2 Å². The summed E-state index contributed by atoms with van der Waals surface area (Å²) in [7, 11) is 1.58. The van der Waals surface area contributed by atoms with Crippen LogP contribution >= 0.6 is 11.3 Å². The summed E-state index contributed by atoms with van der Waals surface area (Å²) in [4.78, 5) is 15.3. The second-order valence-electron chi connectivity index (χ2n) is 6.48. The van der Waals surface area contributed by atoms with E-state index in [9.17, 15) is 4.79 Å². The van der Waals surface area contributed by atoms with E-state index in [1.54, 1.807) is 7.11 Å². The van der Waals surface area contributed by atoms with Crippen LogP contribution in [0.4, 0.5) is 0 Å². The molecule has 5 nitrogen and oxygen atoms in total. The summed E-state index contributed by atoms with van der Waals surface area (Å²) < 4.78 is 11.0. The van der Waals surface area contributed by atoms with Crippen LogP contribution < -0.4 is 10.1 Å². The van der Waals surface area contributed by atoms with E-state index in [4.69, 9.17) is 9.47 Å². The molecule has 0 spiro atoms. The van der Waals surface area contributed by atoms with Gasteiger partial charge in [-0.15, -0.1) is 11.3 Å². The molecule has 2 heterocycles. The first-order valence-corrected chi connectivity index (χ1v) is 8.51. The van der Waals surface area contributed by atoms with Crippen LogP contribution in [0, 0.1) is 0 Å². The highest BCUT2D eigenvalue weighted by molar-refractivity contribution is 7.12. The van der Waals surface area contributed by atoms with Crippen LogP contribution in [0.15, 0.2) is 11.4 Å². The highest BCUT2D eigenvalue weighted by atomic mass is 32.1. The summed E-state index contributed by atoms with van der Waals surface area (Å²) in [6.45, 7) is 10.9. The first-order chi connectivity index (χ1) is 10.3. The molecule has 0 aromatic carbocycles. The monoisotopic (exact) mass is 326 g/mol. The topological polar surface area (TPSA) is 50.8 Å². The second kappa shape index (κ2) is 6.98. The van der Waals surface area contributed by atoms with Crippen molar-refractivity contribution in [3.05, 3.63) is 16.3 Å². The van der Waals surface area contributed by atoms with Gasteiger partial charge < -0.3 is 14.8 Å². The predicted molar refractivity (Wildman–Crippen MR) is 88.9 cm³/mol. The van der Waals surface area contributed by atoms with E-state index in [-0.39, 0.29) is 23.7 Å². The molecule has 1 aromatic rings. The van der Waals surface area contributed by atoms with Crippen LogP contribution in [0.3, 0.4) is 0 Å². The lowest BCUT2D eigenvalue weighted by Crippen LogP contribution is -2.58. The van der Waals surface area contributed by atoms with Crippen molar-refractivity contribution in [2.75, 3.05) is 26.7 Å². The van der Waals surface area contributed by atoms with Gasteiger partial charge in [0.05, 0.1) is 19.3 Å². The van der Waals surface area contributed by atoms with E-state index in [1.807, 2.05) is 11.4 Å². The number of morpholine rings is 1. The van der Waals surface area contributed by atoms with Gasteiger partial charge in [0.1, 0.15) is 10.6 Å². The first-order valence-electron chi connectivity index (χ1n) is 7.63. The SMILES string of the molecule is COc1ccsc1C(=O)NCC(C)(C)N1C[C@@H](C)O[C@H](C)C1. The maximum Gasteiger partial charge on any atom is 0.265 e. The largest absolute Gasteiger partial charge is 0.495 e. The average molecular weight is 326 g/mol. The molecule has 0 aliphatic carbocycles.